The molecule has 0 radical (unpaired) electrons. The molecule has 1 aromatic carbocycles. The summed E-state index contributed by atoms with van der Waals surface area (Å²) in [5, 5.41) is 4.55. The second-order valence-electron chi connectivity index (χ2n) is 5.40. The Balaban J connectivity index is 1.76. The molecular formula is C16H17Cl2NS. The Morgan fingerprint density at radius 1 is 1.10 bits per heavy atom. The maximum atomic E-state index is 6.03. The maximum Gasteiger partial charge on any atom is 0.0931 e. The zero-order chi connectivity index (χ0) is 14.1. The summed E-state index contributed by atoms with van der Waals surface area (Å²) in [4.78, 5) is 1.29. The Morgan fingerprint density at radius 3 is 2.35 bits per heavy atom. The second-order valence-corrected chi connectivity index (χ2v) is 7.58. The van der Waals surface area contributed by atoms with Crippen LogP contribution in [0.3, 0.4) is 0 Å². The SMILES string of the molecule is CC(NC(c1ccc(Cl)cc1)C1CC1)c1ccc(Cl)s1. The molecule has 2 unspecified atom stereocenters. The molecule has 4 heteroatoms. The molecule has 106 valence electrons. The van der Waals surface area contributed by atoms with Crippen LogP contribution >= 0.6 is 34.5 Å². The summed E-state index contributed by atoms with van der Waals surface area (Å²) in [6.45, 7) is 2.20. The molecule has 1 saturated carbocycles. The number of hydrogen-bond acceptors (Lipinski definition) is 2. The average molecular weight is 326 g/mol. The van der Waals surface area contributed by atoms with Gasteiger partial charge in [0.25, 0.3) is 0 Å². The van der Waals surface area contributed by atoms with Crippen LogP contribution in [0.15, 0.2) is 36.4 Å². The van der Waals surface area contributed by atoms with Gasteiger partial charge in [0, 0.05) is 22.0 Å². The van der Waals surface area contributed by atoms with Gasteiger partial charge < -0.3 is 5.32 Å². The first-order chi connectivity index (χ1) is 9.63. The zero-order valence-corrected chi connectivity index (χ0v) is 13.6. The van der Waals surface area contributed by atoms with Gasteiger partial charge in [-0.05, 0) is 55.5 Å². The first kappa shape index (κ1) is 14.4. The molecule has 20 heavy (non-hydrogen) atoms. The van der Waals surface area contributed by atoms with Crippen molar-refractivity contribution >= 4 is 34.5 Å². The van der Waals surface area contributed by atoms with Crippen LogP contribution in [0.5, 0.6) is 0 Å². The van der Waals surface area contributed by atoms with E-state index in [0.717, 1.165) is 15.3 Å². The molecule has 3 rings (SSSR count). The minimum atomic E-state index is 0.314. The van der Waals surface area contributed by atoms with Crippen molar-refractivity contribution in [1.29, 1.82) is 0 Å². The van der Waals surface area contributed by atoms with Crippen molar-refractivity contribution < 1.29 is 0 Å². The van der Waals surface area contributed by atoms with Gasteiger partial charge in [-0.3, -0.25) is 0 Å². The van der Waals surface area contributed by atoms with E-state index in [0.29, 0.717) is 12.1 Å². The monoisotopic (exact) mass is 325 g/mol. The largest absolute Gasteiger partial charge is 0.302 e. The Bertz CT molecular complexity index is 574. The van der Waals surface area contributed by atoms with Gasteiger partial charge in [-0.2, -0.15) is 0 Å². The van der Waals surface area contributed by atoms with Crippen LogP contribution in [0.2, 0.25) is 9.36 Å². The Hall–Kier alpha value is -0.540. The van der Waals surface area contributed by atoms with Crippen LogP contribution in [-0.2, 0) is 0 Å². The first-order valence-electron chi connectivity index (χ1n) is 6.90. The van der Waals surface area contributed by atoms with Crippen LogP contribution in [0, 0.1) is 5.92 Å². The van der Waals surface area contributed by atoms with Crippen molar-refractivity contribution in [1.82, 2.24) is 5.32 Å². The molecular weight excluding hydrogens is 309 g/mol. The highest BCUT2D eigenvalue weighted by Gasteiger charge is 2.33. The Kier molecular flexibility index (Phi) is 4.37. The van der Waals surface area contributed by atoms with Crippen LogP contribution in [0.4, 0.5) is 0 Å². The molecule has 2 atom stereocenters. The molecule has 0 saturated heterocycles. The van der Waals surface area contributed by atoms with E-state index in [4.69, 9.17) is 23.2 Å². The summed E-state index contributed by atoms with van der Waals surface area (Å²) < 4.78 is 0.850. The van der Waals surface area contributed by atoms with Crippen molar-refractivity contribution in [2.24, 2.45) is 5.92 Å². The summed E-state index contributed by atoms with van der Waals surface area (Å²) >= 11 is 13.7. The smallest absolute Gasteiger partial charge is 0.0931 e. The van der Waals surface area contributed by atoms with Gasteiger partial charge in [-0.1, -0.05) is 35.3 Å². The molecule has 1 heterocycles. The molecule has 2 aromatic rings. The van der Waals surface area contributed by atoms with Crippen molar-refractivity contribution in [3.63, 3.8) is 0 Å². The molecule has 1 aliphatic carbocycles. The van der Waals surface area contributed by atoms with Gasteiger partial charge >= 0.3 is 0 Å². The summed E-state index contributed by atoms with van der Waals surface area (Å²) in [6.07, 6.45) is 2.61. The second kappa shape index (κ2) is 6.07. The topological polar surface area (TPSA) is 12.0 Å². The van der Waals surface area contributed by atoms with Crippen molar-refractivity contribution in [2.45, 2.75) is 31.8 Å². The highest BCUT2D eigenvalue weighted by Crippen LogP contribution is 2.42. The lowest BCUT2D eigenvalue weighted by Crippen LogP contribution is -2.25. The highest BCUT2D eigenvalue weighted by molar-refractivity contribution is 7.16. The lowest BCUT2D eigenvalue weighted by atomic mass is 10.0. The zero-order valence-electron chi connectivity index (χ0n) is 11.3. The molecule has 0 bridgehead atoms. The van der Waals surface area contributed by atoms with E-state index >= 15 is 0 Å². The first-order valence-corrected chi connectivity index (χ1v) is 8.47. The van der Waals surface area contributed by atoms with Gasteiger partial charge in [0.1, 0.15) is 0 Å². The lowest BCUT2D eigenvalue weighted by Gasteiger charge is -2.23. The van der Waals surface area contributed by atoms with E-state index in [2.05, 4.69) is 30.4 Å². The van der Waals surface area contributed by atoms with E-state index in [1.807, 2.05) is 18.2 Å². The van der Waals surface area contributed by atoms with E-state index in [1.54, 1.807) is 11.3 Å². The maximum absolute atomic E-state index is 6.03. The van der Waals surface area contributed by atoms with Gasteiger partial charge in [-0.15, -0.1) is 11.3 Å². The van der Waals surface area contributed by atoms with Gasteiger partial charge in [0.2, 0.25) is 0 Å². The van der Waals surface area contributed by atoms with Crippen LogP contribution in [-0.4, -0.2) is 0 Å². The van der Waals surface area contributed by atoms with Crippen LogP contribution in [0.25, 0.3) is 0 Å². The fraction of sp³-hybridized carbons (Fsp3) is 0.375. The number of hydrogen-bond donors (Lipinski definition) is 1. The molecule has 1 aliphatic rings. The number of rotatable bonds is 5. The molecule has 1 N–H and O–H groups in total. The minimum absolute atomic E-state index is 0.314. The summed E-state index contributed by atoms with van der Waals surface area (Å²) in [5.41, 5.74) is 1.33. The third-order valence-electron chi connectivity index (χ3n) is 3.77. The van der Waals surface area contributed by atoms with Crippen molar-refractivity contribution in [3.05, 3.63) is 56.2 Å². The van der Waals surface area contributed by atoms with E-state index in [1.165, 1.54) is 23.3 Å². The Labute approximate surface area is 133 Å². The van der Waals surface area contributed by atoms with Crippen molar-refractivity contribution in [2.75, 3.05) is 0 Å². The number of thiophene rings is 1. The van der Waals surface area contributed by atoms with Gasteiger partial charge in [-0.25, -0.2) is 0 Å². The quantitative estimate of drug-likeness (QED) is 0.726. The predicted octanol–water partition coefficient (Wildman–Crippen LogP) is 5.86. The molecule has 1 aromatic heterocycles. The van der Waals surface area contributed by atoms with E-state index < -0.39 is 0 Å². The van der Waals surface area contributed by atoms with Crippen LogP contribution in [0.1, 0.15) is 42.3 Å². The fourth-order valence-electron chi connectivity index (χ4n) is 2.52. The standard InChI is InChI=1S/C16H17Cl2NS/c1-10(14-8-9-15(18)20-14)19-16(11-2-3-11)12-4-6-13(17)7-5-12/h4-11,16,19H,2-3H2,1H3. The highest BCUT2D eigenvalue weighted by atomic mass is 35.5. The molecule has 0 spiro atoms. The molecule has 0 aliphatic heterocycles. The third-order valence-corrected chi connectivity index (χ3v) is 5.44. The fourth-order valence-corrected chi connectivity index (χ4v) is 3.72. The minimum Gasteiger partial charge on any atom is -0.302 e. The number of benzene rings is 1. The third kappa shape index (κ3) is 3.37. The average Bonchev–Trinajstić information content (AvgIpc) is 3.18. The number of halogens is 2. The summed E-state index contributed by atoms with van der Waals surface area (Å²) in [6, 6.07) is 13.0. The Morgan fingerprint density at radius 2 is 1.80 bits per heavy atom. The predicted molar refractivity (Wildman–Crippen MR) is 87.8 cm³/mol. The van der Waals surface area contributed by atoms with Gasteiger partial charge in [0.15, 0.2) is 0 Å². The molecule has 1 nitrogen and oxygen atoms in total. The molecule has 0 amide bonds. The van der Waals surface area contributed by atoms with Crippen LogP contribution < -0.4 is 5.32 Å². The summed E-state index contributed by atoms with van der Waals surface area (Å²) in [5.74, 6) is 0.744. The number of nitrogens with one attached hydrogen (secondary N) is 1. The normalized spacial score (nSPS) is 17.9. The van der Waals surface area contributed by atoms with E-state index in [-0.39, 0.29) is 0 Å². The summed E-state index contributed by atoms with van der Waals surface area (Å²) in [7, 11) is 0. The van der Waals surface area contributed by atoms with Crippen molar-refractivity contribution in [3.8, 4) is 0 Å². The van der Waals surface area contributed by atoms with Gasteiger partial charge in [0.05, 0.1) is 4.34 Å². The molecule has 1 fully saturated rings. The lowest BCUT2D eigenvalue weighted by molar-refractivity contribution is 0.431. The van der Waals surface area contributed by atoms with E-state index in [9.17, 15) is 0 Å².